The normalized spacial score (nSPS) is 31.9. The Morgan fingerprint density at radius 3 is 2.62 bits per heavy atom. The Labute approximate surface area is 301 Å². The fraction of sp³-hybridized carbons (Fsp3) is 0.595. The number of amides is 4. The predicted octanol–water partition coefficient (Wildman–Crippen LogP) is 3.95. The number of fused-ring (bicyclic) bond motifs is 5. The second-order valence-corrected chi connectivity index (χ2v) is 18.1. The van der Waals surface area contributed by atoms with E-state index in [1.165, 1.54) is 11.0 Å². The zero-order valence-electron chi connectivity index (χ0n) is 29.1. The topological polar surface area (TPSA) is 184 Å². The molecule has 3 aliphatic heterocycles. The molecule has 15 heteroatoms. The van der Waals surface area contributed by atoms with Crippen molar-refractivity contribution in [3.63, 3.8) is 0 Å². The molecule has 0 bridgehead atoms. The molecule has 5 atom stereocenters. The van der Waals surface area contributed by atoms with Crippen molar-refractivity contribution in [1.82, 2.24) is 25.2 Å². The molecule has 3 saturated carbocycles. The average molecular weight is 738 g/mol. The van der Waals surface area contributed by atoms with Crippen LogP contribution >= 0.6 is 0 Å². The minimum absolute atomic E-state index is 0.0261. The molecule has 278 valence electrons. The molecular weight excluding hydrogens is 693 g/mol. The van der Waals surface area contributed by atoms with Gasteiger partial charge >= 0.3 is 6.09 Å². The lowest BCUT2D eigenvalue weighted by molar-refractivity contribution is -0.141. The Morgan fingerprint density at radius 2 is 1.88 bits per heavy atom. The van der Waals surface area contributed by atoms with Gasteiger partial charge in [-0.3, -0.25) is 19.1 Å². The van der Waals surface area contributed by atoms with Gasteiger partial charge in [-0.25, -0.2) is 22.6 Å². The molecule has 6 aliphatic rings. The number of sulfonamides is 1. The molecule has 0 radical (unpaired) electrons. The van der Waals surface area contributed by atoms with E-state index in [2.05, 4.69) is 15.4 Å². The number of benzene rings is 1. The summed E-state index contributed by atoms with van der Waals surface area (Å²) in [5.74, 6) is -2.26. The van der Waals surface area contributed by atoms with E-state index >= 15 is 0 Å². The van der Waals surface area contributed by atoms with Crippen LogP contribution in [0.3, 0.4) is 0 Å². The summed E-state index contributed by atoms with van der Waals surface area (Å²) >= 11 is 0. The van der Waals surface area contributed by atoms with Gasteiger partial charge in [-0.1, -0.05) is 37.1 Å². The van der Waals surface area contributed by atoms with Gasteiger partial charge in [0, 0.05) is 29.2 Å². The van der Waals surface area contributed by atoms with Gasteiger partial charge in [0.05, 0.1) is 17.0 Å². The largest absolute Gasteiger partial charge is 0.483 e. The monoisotopic (exact) mass is 737 g/mol. The molecule has 4 fully saturated rings. The minimum Gasteiger partial charge on any atom is -0.483 e. The molecule has 4 amide bonds. The van der Waals surface area contributed by atoms with Crippen LogP contribution in [0.5, 0.6) is 5.75 Å². The van der Waals surface area contributed by atoms with E-state index in [1.807, 2.05) is 18.2 Å². The molecule has 8 rings (SSSR count). The van der Waals surface area contributed by atoms with Crippen molar-refractivity contribution < 1.29 is 41.8 Å². The summed E-state index contributed by atoms with van der Waals surface area (Å²) in [6.07, 6.45) is 9.05. The summed E-state index contributed by atoms with van der Waals surface area (Å²) < 4.78 is 49.3. The Morgan fingerprint density at radius 1 is 1.10 bits per heavy atom. The molecule has 1 spiro atoms. The predicted molar refractivity (Wildman–Crippen MR) is 186 cm³/mol. The van der Waals surface area contributed by atoms with Gasteiger partial charge in [-0.2, -0.15) is 0 Å². The van der Waals surface area contributed by atoms with E-state index in [-0.39, 0.29) is 37.2 Å². The van der Waals surface area contributed by atoms with Crippen LogP contribution in [0.15, 0.2) is 30.4 Å². The second kappa shape index (κ2) is 12.4. The summed E-state index contributed by atoms with van der Waals surface area (Å²) in [5.41, 5.74) is -0.824. The van der Waals surface area contributed by atoms with Crippen molar-refractivity contribution >= 4 is 44.7 Å². The Hall–Kier alpha value is -4.27. The first kappa shape index (κ1) is 34.8. The summed E-state index contributed by atoms with van der Waals surface area (Å²) in [7, 11) is -4.00. The van der Waals surface area contributed by atoms with Crippen molar-refractivity contribution in [2.75, 3.05) is 6.54 Å². The molecule has 1 aromatic carbocycles. The Bertz CT molecular complexity index is 2020. The number of pyridine rings is 1. The highest BCUT2D eigenvalue weighted by molar-refractivity contribution is 7.91. The average Bonchev–Trinajstić information content (AvgIpc) is 4.03. The molecule has 3 aliphatic carbocycles. The summed E-state index contributed by atoms with van der Waals surface area (Å²) in [4.78, 5) is 60.7. The molecule has 4 heterocycles. The second-order valence-electron chi connectivity index (χ2n) is 15.9. The summed E-state index contributed by atoms with van der Waals surface area (Å²) in [6.45, 7) is 1.55. The number of carbonyl (C=O) groups is 4. The summed E-state index contributed by atoms with van der Waals surface area (Å²) in [5, 5.41) is 15.6. The third-order valence-electron chi connectivity index (χ3n) is 12.1. The SMILES string of the molecule is CC1(S(=O)(=O)NC(=O)C23CC2/C=C\CCCCC[C@H](NC(=O)O)C(=O)N2C[C@@]4(CCc5c(c(C6CC6)nc6c(F)cccc56)O4)CC2C(=O)N3)CC1. The van der Waals surface area contributed by atoms with Crippen LogP contribution in [0.4, 0.5) is 9.18 Å². The zero-order valence-corrected chi connectivity index (χ0v) is 29.9. The van der Waals surface area contributed by atoms with E-state index in [1.54, 1.807) is 13.0 Å². The number of nitrogens with zero attached hydrogens (tertiary/aromatic N) is 2. The van der Waals surface area contributed by atoms with Crippen molar-refractivity contribution in [3.8, 4) is 5.75 Å². The number of carboxylic acid groups (broad SMARTS) is 1. The smallest absolute Gasteiger partial charge is 0.405 e. The van der Waals surface area contributed by atoms with Crippen LogP contribution < -0.4 is 20.1 Å². The van der Waals surface area contributed by atoms with Gasteiger partial charge in [-0.15, -0.1) is 0 Å². The highest BCUT2D eigenvalue weighted by Gasteiger charge is 2.64. The number of aromatic nitrogens is 1. The highest BCUT2D eigenvalue weighted by Crippen LogP contribution is 2.52. The van der Waals surface area contributed by atoms with Gasteiger partial charge in [0.15, 0.2) is 0 Å². The van der Waals surface area contributed by atoms with E-state index in [9.17, 15) is 37.1 Å². The number of rotatable bonds is 5. The summed E-state index contributed by atoms with van der Waals surface area (Å²) in [6, 6.07) is 2.56. The van der Waals surface area contributed by atoms with Crippen molar-refractivity contribution in [2.45, 2.75) is 124 Å². The van der Waals surface area contributed by atoms with Crippen molar-refractivity contribution in [3.05, 3.63) is 47.4 Å². The molecule has 2 aromatic rings. The molecular formula is C37H44FN5O8S. The molecule has 1 saturated heterocycles. The molecule has 3 unspecified atom stereocenters. The van der Waals surface area contributed by atoms with Gasteiger partial charge in [0.1, 0.15) is 40.3 Å². The first-order valence-corrected chi connectivity index (χ1v) is 19.9. The molecule has 52 heavy (non-hydrogen) atoms. The quantitative estimate of drug-likeness (QED) is 0.330. The molecule has 13 nitrogen and oxygen atoms in total. The number of carbonyl (C=O) groups excluding carboxylic acids is 3. The fourth-order valence-corrected chi connectivity index (χ4v) is 9.64. The maximum atomic E-state index is 15.0. The maximum absolute atomic E-state index is 15.0. The van der Waals surface area contributed by atoms with Gasteiger partial charge in [0.2, 0.25) is 21.8 Å². The van der Waals surface area contributed by atoms with Crippen LogP contribution in [-0.2, 0) is 30.8 Å². The number of hydrogen-bond acceptors (Lipinski definition) is 8. The van der Waals surface area contributed by atoms with Gasteiger partial charge in [-0.05, 0) is 77.2 Å². The maximum Gasteiger partial charge on any atom is 0.405 e. The van der Waals surface area contributed by atoms with E-state index in [0.29, 0.717) is 55.4 Å². The third-order valence-corrected chi connectivity index (χ3v) is 14.2. The standard InChI is InChI=1S/C37H44FN5O8S/c1-35(16-17-35)52(49,50)42-33(46)37-18-22(37)8-5-3-2-4-6-11-26(39-34(47)48)32(45)43-20-36(19-27(43)31(44)41-37)15-14-24-23-9-7-10-25(38)29(23)40-28(21-12-13-21)30(24)51-36/h5,7-10,21-22,26-27,39H,2-4,6,11-20H2,1H3,(H,41,44)(H,42,46)(H,47,48)/b8-5-/t22?,26-,27?,36+,37?/m0/s1. The van der Waals surface area contributed by atoms with E-state index < -0.39 is 73.5 Å². The Kier molecular flexibility index (Phi) is 8.31. The van der Waals surface area contributed by atoms with Crippen LogP contribution in [0.25, 0.3) is 10.9 Å². The van der Waals surface area contributed by atoms with Crippen LogP contribution in [0.1, 0.15) is 101 Å². The number of ether oxygens (including phenoxy) is 1. The van der Waals surface area contributed by atoms with Gasteiger partial charge in [0.25, 0.3) is 5.91 Å². The lowest BCUT2D eigenvalue weighted by Crippen LogP contribution is -2.58. The Balaban J connectivity index is 1.15. The van der Waals surface area contributed by atoms with E-state index in [4.69, 9.17) is 9.72 Å². The first-order valence-electron chi connectivity index (χ1n) is 18.4. The van der Waals surface area contributed by atoms with Crippen molar-refractivity contribution in [2.24, 2.45) is 5.92 Å². The molecule has 4 N–H and O–H groups in total. The van der Waals surface area contributed by atoms with E-state index in [0.717, 1.165) is 31.2 Å². The fourth-order valence-electron chi connectivity index (χ4n) is 8.33. The number of allylic oxidation sites excluding steroid dienone is 1. The number of halogens is 1. The minimum atomic E-state index is -4.00. The van der Waals surface area contributed by atoms with Crippen molar-refractivity contribution in [1.29, 1.82) is 0 Å². The van der Waals surface area contributed by atoms with Gasteiger partial charge < -0.3 is 25.4 Å². The number of nitrogens with one attached hydrogen (secondary N) is 3. The van der Waals surface area contributed by atoms with Crippen LogP contribution in [-0.4, -0.2) is 81.7 Å². The highest BCUT2D eigenvalue weighted by atomic mass is 32.2. The lowest BCUT2D eigenvalue weighted by Gasteiger charge is -2.37. The van der Waals surface area contributed by atoms with Crippen LogP contribution in [0.2, 0.25) is 0 Å². The molecule has 1 aromatic heterocycles. The number of hydrogen-bond donors (Lipinski definition) is 4. The first-order chi connectivity index (χ1) is 24.7. The number of aryl methyl sites for hydroxylation is 1. The number of para-hydroxylation sites is 1. The third kappa shape index (κ3) is 6.07. The van der Waals surface area contributed by atoms with Crippen LogP contribution in [0, 0.1) is 11.7 Å². The lowest BCUT2D eigenvalue weighted by atomic mass is 9.86. The zero-order chi connectivity index (χ0) is 36.6.